The Labute approximate surface area is 226 Å². The monoisotopic (exact) mass is 524 g/mol. The minimum Gasteiger partial charge on any atom is -0.452 e. The van der Waals surface area contributed by atoms with Crippen LogP contribution in [0.25, 0.3) is 0 Å². The standard InChI is InChI=1S/C32H36N2O3Si/c1-25(26-14-8-5-9-15-26)34-24-33-22-29(34)30(35)37-32(20-21-32)23-36-38(31(2,3)4,27-16-10-6-11-17-27)28-18-12-7-13-19-28/h5-19,22,24-25H,20-21,23H2,1-4H3/t25-/m1/s1. The Bertz CT molecular complexity index is 1320. The van der Waals surface area contributed by atoms with Crippen LogP contribution in [-0.2, 0) is 9.16 Å². The molecule has 0 saturated heterocycles. The molecule has 1 aliphatic rings. The summed E-state index contributed by atoms with van der Waals surface area (Å²) < 4.78 is 15.2. The van der Waals surface area contributed by atoms with E-state index in [0.717, 1.165) is 18.4 Å². The number of aromatic nitrogens is 2. The van der Waals surface area contributed by atoms with E-state index in [4.69, 9.17) is 9.16 Å². The molecule has 1 saturated carbocycles. The van der Waals surface area contributed by atoms with E-state index in [9.17, 15) is 4.79 Å². The molecule has 196 valence electrons. The van der Waals surface area contributed by atoms with Gasteiger partial charge in [0.05, 0.1) is 25.2 Å². The molecule has 0 amide bonds. The molecule has 4 aromatic rings. The number of rotatable bonds is 9. The van der Waals surface area contributed by atoms with E-state index >= 15 is 0 Å². The summed E-state index contributed by atoms with van der Waals surface area (Å²) in [7, 11) is -2.72. The topological polar surface area (TPSA) is 53.4 Å². The van der Waals surface area contributed by atoms with Crippen LogP contribution in [0.4, 0.5) is 0 Å². The highest BCUT2D eigenvalue weighted by Gasteiger charge is 2.55. The van der Waals surface area contributed by atoms with Crippen molar-refractivity contribution < 1.29 is 14.0 Å². The van der Waals surface area contributed by atoms with E-state index in [1.54, 1.807) is 12.5 Å². The van der Waals surface area contributed by atoms with Crippen molar-refractivity contribution in [2.45, 2.75) is 57.2 Å². The number of nitrogens with zero attached hydrogens (tertiary/aromatic N) is 2. The van der Waals surface area contributed by atoms with Crippen LogP contribution in [0.1, 0.15) is 62.6 Å². The minimum atomic E-state index is -2.72. The SMILES string of the molecule is C[C@H](c1ccccc1)n1cncc1C(=O)OC1(CO[Si](c2ccccc2)(c2ccccc2)C(C)(C)C)CC1. The highest BCUT2D eigenvalue weighted by molar-refractivity contribution is 6.99. The van der Waals surface area contributed by atoms with Gasteiger partial charge in [-0.05, 0) is 40.7 Å². The molecule has 1 heterocycles. The second kappa shape index (κ2) is 10.3. The minimum absolute atomic E-state index is 0.0373. The smallest absolute Gasteiger partial charge is 0.357 e. The van der Waals surface area contributed by atoms with Gasteiger partial charge in [0, 0.05) is 0 Å². The molecule has 0 spiro atoms. The van der Waals surface area contributed by atoms with Gasteiger partial charge in [-0.15, -0.1) is 0 Å². The maximum atomic E-state index is 13.5. The molecule has 6 heteroatoms. The second-order valence-corrected chi connectivity index (χ2v) is 15.6. The first-order valence-corrected chi connectivity index (χ1v) is 15.2. The summed E-state index contributed by atoms with van der Waals surface area (Å²) in [4.78, 5) is 17.7. The molecule has 0 N–H and O–H groups in total. The van der Waals surface area contributed by atoms with Crippen LogP contribution >= 0.6 is 0 Å². The third-order valence-electron chi connectivity index (χ3n) is 7.66. The Hall–Kier alpha value is -3.48. The normalized spacial score (nSPS) is 15.6. The Morgan fingerprint density at radius 1 is 0.921 bits per heavy atom. The molecular weight excluding hydrogens is 488 g/mol. The van der Waals surface area contributed by atoms with Gasteiger partial charge in [0.2, 0.25) is 0 Å². The van der Waals surface area contributed by atoms with Crippen molar-refractivity contribution >= 4 is 24.7 Å². The van der Waals surface area contributed by atoms with Crippen LogP contribution in [0.5, 0.6) is 0 Å². The van der Waals surface area contributed by atoms with Crippen molar-refractivity contribution in [1.82, 2.24) is 9.55 Å². The molecule has 0 bridgehead atoms. The van der Waals surface area contributed by atoms with Crippen molar-refractivity contribution in [2.24, 2.45) is 0 Å². The van der Waals surface area contributed by atoms with E-state index in [-0.39, 0.29) is 17.0 Å². The van der Waals surface area contributed by atoms with Crippen molar-refractivity contribution in [3.63, 3.8) is 0 Å². The maximum Gasteiger partial charge on any atom is 0.357 e. The lowest BCUT2D eigenvalue weighted by Crippen LogP contribution is -2.67. The maximum absolute atomic E-state index is 13.5. The fourth-order valence-electron chi connectivity index (χ4n) is 5.33. The van der Waals surface area contributed by atoms with Gasteiger partial charge in [-0.2, -0.15) is 0 Å². The fourth-order valence-corrected chi connectivity index (χ4v) is 9.96. The first kappa shape index (κ1) is 26.1. The molecule has 1 aromatic heterocycles. The molecule has 1 atom stereocenters. The summed E-state index contributed by atoms with van der Waals surface area (Å²) in [6.45, 7) is 9.21. The average Bonchev–Trinajstić information content (AvgIpc) is 3.50. The molecule has 1 fully saturated rings. The Morgan fingerprint density at radius 2 is 1.45 bits per heavy atom. The zero-order chi connectivity index (χ0) is 26.8. The van der Waals surface area contributed by atoms with Crippen LogP contribution in [0.3, 0.4) is 0 Å². The van der Waals surface area contributed by atoms with Crippen molar-refractivity contribution in [3.05, 3.63) is 115 Å². The zero-order valence-electron chi connectivity index (χ0n) is 22.6. The van der Waals surface area contributed by atoms with E-state index in [1.807, 2.05) is 34.9 Å². The molecule has 0 radical (unpaired) electrons. The third kappa shape index (κ3) is 4.98. The number of hydrogen-bond acceptors (Lipinski definition) is 4. The highest BCUT2D eigenvalue weighted by atomic mass is 28.4. The summed E-state index contributed by atoms with van der Waals surface area (Å²) >= 11 is 0. The van der Waals surface area contributed by atoms with Gasteiger partial charge in [-0.25, -0.2) is 9.78 Å². The quantitative estimate of drug-likeness (QED) is 0.206. The fraction of sp³-hybridized carbons (Fsp3) is 0.312. The third-order valence-corrected chi connectivity index (χ3v) is 12.6. The lowest BCUT2D eigenvalue weighted by Gasteiger charge is -2.43. The van der Waals surface area contributed by atoms with Gasteiger partial charge in [0.1, 0.15) is 11.3 Å². The summed E-state index contributed by atoms with van der Waals surface area (Å²) in [6, 6.07) is 31.2. The van der Waals surface area contributed by atoms with Gasteiger partial charge in [-0.3, -0.25) is 0 Å². The number of esters is 1. The molecular formula is C32H36N2O3Si. The molecule has 0 unspecified atom stereocenters. The number of hydrogen-bond donors (Lipinski definition) is 0. The van der Waals surface area contributed by atoms with E-state index in [1.165, 1.54) is 10.4 Å². The van der Waals surface area contributed by atoms with Gasteiger partial charge >= 0.3 is 5.97 Å². The van der Waals surface area contributed by atoms with Crippen molar-refractivity contribution in [2.75, 3.05) is 6.61 Å². The number of carbonyl (C=O) groups is 1. The van der Waals surface area contributed by atoms with Crippen LogP contribution < -0.4 is 10.4 Å². The summed E-state index contributed by atoms with van der Waals surface area (Å²) in [6.07, 6.45) is 4.88. The largest absolute Gasteiger partial charge is 0.452 e. The first-order chi connectivity index (χ1) is 18.3. The first-order valence-electron chi connectivity index (χ1n) is 13.3. The van der Waals surface area contributed by atoms with Crippen LogP contribution in [0, 0.1) is 0 Å². The molecule has 1 aliphatic carbocycles. The van der Waals surface area contributed by atoms with Gasteiger partial charge in [0.15, 0.2) is 0 Å². The summed E-state index contributed by atoms with van der Waals surface area (Å²) in [5.74, 6) is -0.353. The van der Waals surface area contributed by atoms with Crippen molar-refractivity contribution in [3.8, 4) is 0 Å². The average molecular weight is 525 g/mol. The molecule has 5 nitrogen and oxygen atoms in total. The molecule has 38 heavy (non-hydrogen) atoms. The number of benzene rings is 3. The number of ether oxygens (including phenoxy) is 1. The summed E-state index contributed by atoms with van der Waals surface area (Å²) in [5, 5.41) is 2.30. The van der Waals surface area contributed by atoms with Gasteiger partial charge in [0.25, 0.3) is 8.32 Å². The van der Waals surface area contributed by atoms with Crippen LogP contribution in [-0.4, -0.2) is 36.0 Å². The number of imidazole rings is 1. The van der Waals surface area contributed by atoms with Crippen molar-refractivity contribution in [1.29, 1.82) is 0 Å². The number of carbonyl (C=O) groups excluding carboxylic acids is 1. The van der Waals surface area contributed by atoms with Crippen LogP contribution in [0.15, 0.2) is 104 Å². The van der Waals surface area contributed by atoms with E-state index in [0.29, 0.717) is 12.3 Å². The summed E-state index contributed by atoms with van der Waals surface area (Å²) in [5.41, 5.74) is 0.948. The highest BCUT2D eigenvalue weighted by Crippen LogP contribution is 2.44. The zero-order valence-corrected chi connectivity index (χ0v) is 23.6. The van der Waals surface area contributed by atoms with Gasteiger partial charge in [-0.1, -0.05) is 112 Å². The predicted molar refractivity (Wildman–Crippen MR) is 153 cm³/mol. The molecule has 0 aliphatic heterocycles. The van der Waals surface area contributed by atoms with E-state index < -0.39 is 13.9 Å². The Kier molecular flexibility index (Phi) is 7.12. The van der Waals surface area contributed by atoms with Gasteiger partial charge < -0.3 is 13.7 Å². The second-order valence-electron chi connectivity index (χ2n) is 11.3. The predicted octanol–water partition coefficient (Wildman–Crippen LogP) is 5.76. The lowest BCUT2D eigenvalue weighted by molar-refractivity contribution is 0.00505. The van der Waals surface area contributed by atoms with E-state index in [2.05, 4.69) is 93.3 Å². The van der Waals surface area contributed by atoms with Crippen LogP contribution in [0.2, 0.25) is 5.04 Å². The Morgan fingerprint density at radius 3 is 1.95 bits per heavy atom. The molecule has 3 aromatic carbocycles. The lowest BCUT2D eigenvalue weighted by atomic mass is 10.1. The molecule has 5 rings (SSSR count). The Balaban J connectivity index is 1.40.